The third kappa shape index (κ3) is 5.01. The quantitative estimate of drug-likeness (QED) is 0.215. The lowest BCUT2D eigenvalue weighted by atomic mass is 9.53. The predicted molar refractivity (Wildman–Crippen MR) is 145 cm³/mol. The number of rotatable bonds is 8. The first-order valence-corrected chi connectivity index (χ1v) is 14.3. The Labute approximate surface area is 226 Å². The van der Waals surface area contributed by atoms with Crippen molar-refractivity contribution >= 4 is 23.5 Å². The molecule has 4 saturated carbocycles. The van der Waals surface area contributed by atoms with E-state index in [-0.39, 0.29) is 17.3 Å². The number of thioether (sulfide) groups is 1. The zero-order valence-corrected chi connectivity index (χ0v) is 22.2. The number of nitrogens with one attached hydrogen (secondary N) is 2. The lowest BCUT2D eigenvalue weighted by Crippen LogP contribution is -2.61. The molecule has 0 spiro atoms. The monoisotopic (exact) mass is 532 g/mol. The zero-order chi connectivity index (χ0) is 26.3. The second kappa shape index (κ2) is 10.1. The summed E-state index contributed by atoms with van der Waals surface area (Å²) in [5.74, 6) is 3.51. The van der Waals surface area contributed by atoms with Gasteiger partial charge in [-0.05, 0) is 80.9 Å². The number of non-ortho nitro benzene ring substituents is 1. The Morgan fingerprint density at radius 3 is 2.29 bits per heavy atom. The molecule has 3 aromatic rings. The van der Waals surface area contributed by atoms with Crippen LogP contribution in [0.1, 0.15) is 62.9 Å². The largest absolute Gasteiger partial charge is 0.333 e. The lowest BCUT2D eigenvalue weighted by molar-refractivity contribution is -0.384. The molecule has 4 aliphatic rings. The van der Waals surface area contributed by atoms with E-state index in [1.54, 1.807) is 12.1 Å². The predicted octanol–water partition coefficient (Wildman–Crippen LogP) is 5.80. The second-order valence-corrected chi connectivity index (χ2v) is 12.2. The van der Waals surface area contributed by atoms with Gasteiger partial charge in [0.05, 0.1) is 11.0 Å². The summed E-state index contributed by atoms with van der Waals surface area (Å²) in [6, 6.07) is 15.8. The van der Waals surface area contributed by atoms with Crippen LogP contribution in [0.5, 0.6) is 0 Å². The molecule has 2 amide bonds. The molecule has 9 nitrogen and oxygen atoms in total. The van der Waals surface area contributed by atoms with Crippen molar-refractivity contribution in [2.75, 3.05) is 0 Å². The maximum Gasteiger partial charge on any atom is 0.315 e. The number of carbonyl (C=O) groups excluding carboxylic acids is 1. The van der Waals surface area contributed by atoms with E-state index in [1.807, 2.05) is 29.7 Å². The van der Waals surface area contributed by atoms with Crippen LogP contribution in [-0.4, -0.2) is 31.3 Å². The van der Waals surface area contributed by atoms with E-state index in [0.29, 0.717) is 22.4 Å². The van der Waals surface area contributed by atoms with Crippen molar-refractivity contribution in [2.45, 2.75) is 67.9 Å². The highest BCUT2D eigenvalue weighted by Gasteiger charge is 2.51. The molecule has 4 bridgehead atoms. The van der Waals surface area contributed by atoms with Gasteiger partial charge in [0, 0.05) is 29.1 Å². The van der Waals surface area contributed by atoms with Crippen LogP contribution >= 0.6 is 11.8 Å². The summed E-state index contributed by atoms with van der Waals surface area (Å²) in [5, 5.41) is 27.2. The van der Waals surface area contributed by atoms with Crippen LogP contribution in [0.25, 0.3) is 5.69 Å². The van der Waals surface area contributed by atoms with Crippen molar-refractivity contribution in [1.29, 1.82) is 0 Å². The number of benzene rings is 2. The normalized spacial score (nSPS) is 26.2. The smallest absolute Gasteiger partial charge is 0.315 e. The SMILES string of the molecule is CC(NC(=O)NC12CC3CC(CC(C3)C1)C2)c1nnc(SCc2ccccc2)n1-c1ccc([N+](=O)[O-])cc1. The van der Waals surface area contributed by atoms with E-state index >= 15 is 0 Å². The number of urea groups is 1. The van der Waals surface area contributed by atoms with Gasteiger partial charge in [-0.1, -0.05) is 42.1 Å². The van der Waals surface area contributed by atoms with Crippen molar-refractivity contribution in [1.82, 2.24) is 25.4 Å². The van der Waals surface area contributed by atoms with E-state index in [2.05, 4.69) is 33.0 Å². The van der Waals surface area contributed by atoms with Gasteiger partial charge in [-0.3, -0.25) is 14.7 Å². The average Bonchev–Trinajstić information content (AvgIpc) is 3.31. The summed E-state index contributed by atoms with van der Waals surface area (Å²) >= 11 is 1.53. The number of hydrogen-bond acceptors (Lipinski definition) is 6. The van der Waals surface area contributed by atoms with E-state index in [1.165, 1.54) is 43.2 Å². The van der Waals surface area contributed by atoms with Gasteiger partial charge >= 0.3 is 6.03 Å². The summed E-state index contributed by atoms with van der Waals surface area (Å²) in [7, 11) is 0. The molecule has 0 aliphatic heterocycles. The molecule has 38 heavy (non-hydrogen) atoms. The van der Waals surface area contributed by atoms with Gasteiger partial charge in [0.2, 0.25) is 0 Å². The minimum absolute atomic E-state index is 0.0167. The first-order chi connectivity index (χ1) is 18.4. The number of nitro groups is 1. The molecule has 2 aromatic carbocycles. The van der Waals surface area contributed by atoms with E-state index in [0.717, 1.165) is 42.6 Å². The van der Waals surface area contributed by atoms with E-state index in [4.69, 9.17) is 0 Å². The van der Waals surface area contributed by atoms with Crippen LogP contribution < -0.4 is 10.6 Å². The second-order valence-electron chi connectivity index (χ2n) is 11.2. The summed E-state index contributed by atoms with van der Waals surface area (Å²) in [4.78, 5) is 24.0. The van der Waals surface area contributed by atoms with Gasteiger partial charge in [-0.15, -0.1) is 10.2 Å². The third-order valence-electron chi connectivity index (χ3n) is 8.34. The number of aromatic nitrogens is 3. The Morgan fingerprint density at radius 2 is 1.68 bits per heavy atom. The molecule has 4 fully saturated rings. The van der Waals surface area contributed by atoms with Crippen molar-refractivity contribution in [3.63, 3.8) is 0 Å². The molecule has 1 heterocycles. The first kappa shape index (κ1) is 24.9. The molecule has 198 valence electrons. The minimum Gasteiger partial charge on any atom is -0.333 e. The molecule has 2 N–H and O–H groups in total. The van der Waals surface area contributed by atoms with Gasteiger partial charge in [0.25, 0.3) is 5.69 Å². The summed E-state index contributed by atoms with van der Waals surface area (Å²) in [6.45, 7) is 1.90. The number of nitro benzene ring substituents is 1. The van der Waals surface area contributed by atoms with Gasteiger partial charge in [0.15, 0.2) is 11.0 Å². The lowest BCUT2D eigenvalue weighted by Gasteiger charge is -2.56. The van der Waals surface area contributed by atoms with Crippen LogP contribution in [0.3, 0.4) is 0 Å². The number of amides is 2. The average molecular weight is 533 g/mol. The Kier molecular flexibility index (Phi) is 6.59. The Balaban J connectivity index is 1.22. The molecular weight excluding hydrogens is 500 g/mol. The minimum atomic E-state index is -0.419. The molecule has 4 aliphatic carbocycles. The fourth-order valence-corrected chi connectivity index (χ4v) is 8.06. The highest BCUT2D eigenvalue weighted by Crippen LogP contribution is 2.55. The highest BCUT2D eigenvalue weighted by molar-refractivity contribution is 7.98. The summed E-state index contributed by atoms with van der Waals surface area (Å²) < 4.78 is 1.88. The van der Waals surface area contributed by atoms with Crippen LogP contribution in [0, 0.1) is 27.9 Å². The zero-order valence-electron chi connectivity index (χ0n) is 21.4. The number of carbonyl (C=O) groups is 1. The molecule has 0 saturated heterocycles. The van der Waals surface area contributed by atoms with E-state index in [9.17, 15) is 14.9 Å². The molecule has 10 heteroatoms. The first-order valence-electron chi connectivity index (χ1n) is 13.3. The maximum absolute atomic E-state index is 13.2. The van der Waals surface area contributed by atoms with Crippen molar-refractivity contribution in [3.05, 3.63) is 76.1 Å². The van der Waals surface area contributed by atoms with Crippen molar-refractivity contribution in [3.8, 4) is 5.69 Å². The van der Waals surface area contributed by atoms with Crippen LogP contribution in [0.4, 0.5) is 10.5 Å². The Morgan fingerprint density at radius 1 is 1.05 bits per heavy atom. The van der Waals surface area contributed by atoms with E-state index < -0.39 is 11.0 Å². The maximum atomic E-state index is 13.2. The Hall–Kier alpha value is -3.40. The third-order valence-corrected chi connectivity index (χ3v) is 9.34. The fraction of sp³-hybridized carbons (Fsp3) is 0.464. The standard InChI is InChI=1S/C28H32N6O3S/c1-18(29-26(35)30-28-14-20-11-21(15-28)13-22(12-20)16-28)25-31-32-27(38-17-19-5-3-2-4-6-19)33(25)23-7-9-24(10-8-23)34(36)37/h2-10,18,20-22H,11-17H2,1H3,(H2,29,30,35). The highest BCUT2D eigenvalue weighted by atomic mass is 32.2. The topological polar surface area (TPSA) is 115 Å². The van der Waals surface area contributed by atoms with Gasteiger partial charge in [-0.2, -0.15) is 0 Å². The van der Waals surface area contributed by atoms with Crippen LogP contribution in [0.15, 0.2) is 59.8 Å². The summed E-state index contributed by atoms with van der Waals surface area (Å²) in [5.41, 5.74) is 1.80. The molecule has 1 unspecified atom stereocenters. The Bertz CT molecular complexity index is 1290. The van der Waals surface area contributed by atoms with Gasteiger partial charge < -0.3 is 10.6 Å². The summed E-state index contributed by atoms with van der Waals surface area (Å²) in [6.07, 6.45) is 7.21. The molecule has 1 aromatic heterocycles. The van der Waals surface area contributed by atoms with Crippen molar-refractivity contribution in [2.24, 2.45) is 17.8 Å². The van der Waals surface area contributed by atoms with Gasteiger partial charge in [-0.25, -0.2) is 4.79 Å². The van der Waals surface area contributed by atoms with Crippen molar-refractivity contribution < 1.29 is 9.72 Å². The van der Waals surface area contributed by atoms with Crippen LogP contribution in [-0.2, 0) is 5.75 Å². The van der Waals surface area contributed by atoms with Crippen LogP contribution in [0.2, 0.25) is 0 Å². The molecular formula is C28H32N6O3S. The molecule has 1 atom stereocenters. The fourth-order valence-electron chi connectivity index (χ4n) is 7.15. The number of nitrogens with zero attached hydrogens (tertiary/aromatic N) is 4. The number of hydrogen-bond donors (Lipinski definition) is 2. The molecule has 7 rings (SSSR count). The molecule has 0 radical (unpaired) electrons. The van der Waals surface area contributed by atoms with Gasteiger partial charge in [0.1, 0.15) is 0 Å².